The molecule has 2 aromatic carbocycles. The molecule has 3 heteroatoms. The first kappa shape index (κ1) is 10.8. The highest BCUT2D eigenvalue weighted by Crippen LogP contribution is 2.23. The minimum absolute atomic E-state index is 0.255. The van der Waals surface area contributed by atoms with Crippen molar-refractivity contribution < 1.29 is 4.39 Å². The summed E-state index contributed by atoms with van der Waals surface area (Å²) in [5, 5.41) is 0. The lowest BCUT2D eigenvalue weighted by atomic mass is 9.99. The molecule has 0 heterocycles. The second-order valence-corrected chi connectivity index (χ2v) is 3.53. The third kappa shape index (κ3) is 2.10. The van der Waals surface area contributed by atoms with E-state index >= 15 is 0 Å². The Morgan fingerprint density at radius 2 is 1.56 bits per heavy atom. The van der Waals surface area contributed by atoms with Crippen LogP contribution in [0.25, 0.3) is 0 Å². The highest BCUT2D eigenvalue weighted by molar-refractivity contribution is 5.32. The molecule has 16 heavy (non-hydrogen) atoms. The lowest BCUT2D eigenvalue weighted by Gasteiger charge is -2.17. The van der Waals surface area contributed by atoms with Gasteiger partial charge < -0.3 is 0 Å². The highest BCUT2D eigenvalue weighted by atomic mass is 19.1. The van der Waals surface area contributed by atoms with E-state index in [0.29, 0.717) is 5.56 Å². The van der Waals surface area contributed by atoms with Crippen molar-refractivity contribution >= 4 is 0 Å². The highest BCUT2D eigenvalue weighted by Gasteiger charge is 2.15. The predicted octanol–water partition coefficient (Wildman–Crippen LogP) is 2.38. The fourth-order valence-corrected chi connectivity index (χ4v) is 1.72. The Labute approximate surface area is 93.9 Å². The van der Waals surface area contributed by atoms with Crippen molar-refractivity contribution in [2.45, 2.75) is 6.04 Å². The van der Waals surface area contributed by atoms with Crippen LogP contribution in [-0.4, -0.2) is 0 Å². The summed E-state index contributed by atoms with van der Waals surface area (Å²) in [7, 11) is 0. The van der Waals surface area contributed by atoms with E-state index in [1.807, 2.05) is 30.3 Å². The van der Waals surface area contributed by atoms with Crippen molar-refractivity contribution in [2.75, 3.05) is 0 Å². The first-order valence-electron chi connectivity index (χ1n) is 5.08. The van der Waals surface area contributed by atoms with Gasteiger partial charge in [0.2, 0.25) is 0 Å². The van der Waals surface area contributed by atoms with E-state index in [2.05, 4.69) is 5.43 Å². The number of rotatable bonds is 3. The minimum atomic E-state index is -0.317. The monoisotopic (exact) mass is 216 g/mol. The quantitative estimate of drug-likeness (QED) is 0.610. The summed E-state index contributed by atoms with van der Waals surface area (Å²) in [6, 6.07) is 15.9. The Hall–Kier alpha value is -1.71. The zero-order chi connectivity index (χ0) is 11.4. The van der Waals surface area contributed by atoms with Gasteiger partial charge >= 0.3 is 0 Å². The van der Waals surface area contributed by atoms with Crippen molar-refractivity contribution in [3.05, 3.63) is 71.5 Å². The zero-order valence-corrected chi connectivity index (χ0v) is 8.73. The molecule has 2 nitrogen and oxygen atoms in total. The molecular formula is C13H13FN2. The predicted molar refractivity (Wildman–Crippen MR) is 62.0 cm³/mol. The summed E-state index contributed by atoms with van der Waals surface area (Å²) in [4.78, 5) is 0. The van der Waals surface area contributed by atoms with E-state index in [1.54, 1.807) is 18.2 Å². The maximum Gasteiger partial charge on any atom is 0.128 e. The van der Waals surface area contributed by atoms with Crippen molar-refractivity contribution in [3.63, 3.8) is 0 Å². The molecule has 0 aliphatic heterocycles. The summed E-state index contributed by atoms with van der Waals surface area (Å²) in [6.45, 7) is 0. The topological polar surface area (TPSA) is 38.0 Å². The SMILES string of the molecule is NN[C@@H](c1ccccc1)c1ccccc1F. The Kier molecular flexibility index (Phi) is 3.29. The molecule has 82 valence electrons. The molecule has 0 bridgehead atoms. The number of hydrazine groups is 1. The maximum absolute atomic E-state index is 13.6. The first-order chi connectivity index (χ1) is 7.83. The van der Waals surface area contributed by atoms with Crippen LogP contribution in [0.4, 0.5) is 4.39 Å². The summed E-state index contributed by atoms with van der Waals surface area (Å²) in [5.41, 5.74) is 4.13. The molecule has 0 saturated heterocycles. The molecule has 0 aliphatic carbocycles. The summed E-state index contributed by atoms with van der Waals surface area (Å²) in [6.07, 6.45) is 0. The van der Waals surface area contributed by atoms with E-state index in [0.717, 1.165) is 5.56 Å². The maximum atomic E-state index is 13.6. The van der Waals surface area contributed by atoms with Crippen LogP contribution >= 0.6 is 0 Å². The Balaban J connectivity index is 2.41. The van der Waals surface area contributed by atoms with Gasteiger partial charge in [-0.15, -0.1) is 0 Å². The van der Waals surface area contributed by atoms with Gasteiger partial charge in [-0.25, -0.2) is 9.82 Å². The second-order valence-electron chi connectivity index (χ2n) is 3.53. The molecule has 0 radical (unpaired) electrons. The van der Waals surface area contributed by atoms with Crippen LogP contribution in [0.2, 0.25) is 0 Å². The fraction of sp³-hybridized carbons (Fsp3) is 0.0769. The molecular weight excluding hydrogens is 203 g/mol. The van der Waals surface area contributed by atoms with Gasteiger partial charge in [0.25, 0.3) is 0 Å². The van der Waals surface area contributed by atoms with Gasteiger partial charge in [0.05, 0.1) is 6.04 Å². The normalized spacial score (nSPS) is 12.4. The van der Waals surface area contributed by atoms with E-state index in [-0.39, 0.29) is 11.9 Å². The molecule has 0 spiro atoms. The van der Waals surface area contributed by atoms with Gasteiger partial charge in [-0.05, 0) is 11.6 Å². The molecule has 0 aliphatic rings. The van der Waals surface area contributed by atoms with Gasteiger partial charge in [-0.1, -0.05) is 48.5 Å². The van der Waals surface area contributed by atoms with Gasteiger partial charge in [0.1, 0.15) is 5.82 Å². The van der Waals surface area contributed by atoms with Gasteiger partial charge in [0, 0.05) is 5.56 Å². The molecule has 0 unspecified atom stereocenters. The molecule has 0 saturated carbocycles. The smallest absolute Gasteiger partial charge is 0.128 e. The molecule has 2 rings (SSSR count). The molecule has 0 aromatic heterocycles. The molecule has 0 amide bonds. The second kappa shape index (κ2) is 4.88. The Bertz CT molecular complexity index is 456. The van der Waals surface area contributed by atoms with Crippen molar-refractivity contribution in [1.82, 2.24) is 5.43 Å². The fourth-order valence-electron chi connectivity index (χ4n) is 1.72. The van der Waals surface area contributed by atoms with Crippen LogP contribution in [0, 0.1) is 5.82 Å². The van der Waals surface area contributed by atoms with E-state index in [1.165, 1.54) is 6.07 Å². The number of hydrogen-bond donors (Lipinski definition) is 2. The third-order valence-electron chi connectivity index (χ3n) is 2.52. The van der Waals surface area contributed by atoms with Crippen LogP contribution in [0.1, 0.15) is 17.2 Å². The van der Waals surface area contributed by atoms with Crippen LogP contribution in [0.15, 0.2) is 54.6 Å². The van der Waals surface area contributed by atoms with E-state index < -0.39 is 0 Å². The minimum Gasteiger partial charge on any atom is -0.271 e. The van der Waals surface area contributed by atoms with E-state index in [4.69, 9.17) is 5.84 Å². The van der Waals surface area contributed by atoms with Crippen LogP contribution in [-0.2, 0) is 0 Å². The average molecular weight is 216 g/mol. The van der Waals surface area contributed by atoms with Crippen LogP contribution in [0.3, 0.4) is 0 Å². The van der Waals surface area contributed by atoms with Gasteiger partial charge in [-0.3, -0.25) is 5.84 Å². The van der Waals surface area contributed by atoms with Crippen molar-refractivity contribution in [2.24, 2.45) is 5.84 Å². The number of hydrogen-bond acceptors (Lipinski definition) is 2. The standard InChI is InChI=1S/C13H13FN2/c14-12-9-5-4-8-11(12)13(16-15)10-6-2-1-3-7-10/h1-9,13,16H,15H2/t13-/m0/s1. The van der Waals surface area contributed by atoms with Gasteiger partial charge in [-0.2, -0.15) is 0 Å². The summed E-state index contributed by atoms with van der Waals surface area (Å²) >= 11 is 0. The van der Waals surface area contributed by atoms with Crippen LogP contribution in [0.5, 0.6) is 0 Å². The van der Waals surface area contributed by atoms with Crippen LogP contribution < -0.4 is 11.3 Å². The molecule has 2 aromatic rings. The number of halogens is 1. The zero-order valence-electron chi connectivity index (χ0n) is 8.73. The van der Waals surface area contributed by atoms with E-state index in [9.17, 15) is 4.39 Å². The lowest BCUT2D eigenvalue weighted by Crippen LogP contribution is -2.29. The number of nitrogens with one attached hydrogen (secondary N) is 1. The Morgan fingerprint density at radius 1 is 0.938 bits per heavy atom. The van der Waals surface area contributed by atoms with Crippen molar-refractivity contribution in [3.8, 4) is 0 Å². The Morgan fingerprint density at radius 3 is 2.19 bits per heavy atom. The first-order valence-corrected chi connectivity index (χ1v) is 5.08. The third-order valence-corrected chi connectivity index (χ3v) is 2.52. The molecule has 0 fully saturated rings. The average Bonchev–Trinajstić information content (AvgIpc) is 2.34. The largest absolute Gasteiger partial charge is 0.271 e. The molecule has 1 atom stereocenters. The van der Waals surface area contributed by atoms with Crippen molar-refractivity contribution in [1.29, 1.82) is 0 Å². The molecule has 3 N–H and O–H groups in total. The van der Waals surface area contributed by atoms with Gasteiger partial charge in [0.15, 0.2) is 0 Å². The number of benzene rings is 2. The number of nitrogens with two attached hydrogens (primary N) is 1. The lowest BCUT2D eigenvalue weighted by molar-refractivity contribution is 0.560. The summed E-state index contributed by atoms with van der Waals surface area (Å²) in [5.74, 6) is 5.23. The summed E-state index contributed by atoms with van der Waals surface area (Å²) < 4.78 is 13.6.